The van der Waals surface area contributed by atoms with Gasteiger partial charge in [-0.3, -0.25) is 9.59 Å². The van der Waals surface area contributed by atoms with Gasteiger partial charge in [-0.25, -0.2) is 8.42 Å². The fourth-order valence-electron chi connectivity index (χ4n) is 4.32. The van der Waals surface area contributed by atoms with E-state index >= 15 is 0 Å². The second-order valence-electron chi connectivity index (χ2n) is 9.04. The Labute approximate surface area is 216 Å². The average Bonchev–Trinajstić information content (AvgIpc) is 2.82. The van der Waals surface area contributed by atoms with Gasteiger partial charge in [0.1, 0.15) is 23.3 Å². The summed E-state index contributed by atoms with van der Waals surface area (Å²) in [4.78, 5) is 25.8. The Kier molecular flexibility index (Phi) is 8.17. The SMILES string of the molecule is Cc1ccc(S(=O)(=O)N(CCn2c(C)cc(C)c(C#N)c2=O)CCn2c(C)cc(C)c(C#N)c2=O)cc1. The van der Waals surface area contributed by atoms with Gasteiger partial charge in [0.05, 0.1) is 4.90 Å². The molecule has 0 radical (unpaired) electrons. The maximum absolute atomic E-state index is 13.6. The molecular weight excluding hydrogens is 490 g/mol. The van der Waals surface area contributed by atoms with Crippen molar-refractivity contribution < 1.29 is 8.42 Å². The first kappa shape index (κ1) is 27.6. The zero-order valence-electron chi connectivity index (χ0n) is 21.6. The van der Waals surface area contributed by atoms with E-state index in [-0.39, 0.29) is 42.2 Å². The van der Waals surface area contributed by atoms with Crippen molar-refractivity contribution in [3.8, 4) is 12.1 Å². The van der Waals surface area contributed by atoms with Gasteiger partial charge in [-0.2, -0.15) is 14.8 Å². The Balaban J connectivity index is 2.02. The Morgan fingerprint density at radius 3 is 1.54 bits per heavy atom. The summed E-state index contributed by atoms with van der Waals surface area (Å²) in [6.45, 7) is 8.61. The van der Waals surface area contributed by atoms with Crippen LogP contribution < -0.4 is 11.1 Å². The van der Waals surface area contributed by atoms with Crippen molar-refractivity contribution in [2.75, 3.05) is 13.1 Å². The van der Waals surface area contributed by atoms with Crippen molar-refractivity contribution in [1.29, 1.82) is 10.5 Å². The summed E-state index contributed by atoms with van der Waals surface area (Å²) in [7, 11) is -3.98. The summed E-state index contributed by atoms with van der Waals surface area (Å²) < 4.78 is 31.3. The summed E-state index contributed by atoms with van der Waals surface area (Å²) >= 11 is 0. The van der Waals surface area contributed by atoms with Gasteiger partial charge in [-0.15, -0.1) is 0 Å². The number of rotatable bonds is 8. The van der Waals surface area contributed by atoms with E-state index < -0.39 is 21.1 Å². The fraction of sp³-hybridized carbons (Fsp3) is 0.333. The van der Waals surface area contributed by atoms with E-state index in [1.807, 2.05) is 19.1 Å². The minimum atomic E-state index is -3.98. The van der Waals surface area contributed by atoms with E-state index in [1.54, 1.807) is 52.0 Å². The van der Waals surface area contributed by atoms with Crippen LogP contribution in [0.1, 0.15) is 39.2 Å². The van der Waals surface area contributed by atoms with E-state index in [0.717, 1.165) is 5.56 Å². The third-order valence-electron chi connectivity index (χ3n) is 6.44. The quantitative estimate of drug-likeness (QED) is 0.450. The van der Waals surface area contributed by atoms with Crippen molar-refractivity contribution in [3.63, 3.8) is 0 Å². The van der Waals surface area contributed by atoms with E-state index in [2.05, 4.69) is 0 Å². The van der Waals surface area contributed by atoms with Gasteiger partial charge in [0.15, 0.2) is 0 Å². The highest BCUT2D eigenvalue weighted by Gasteiger charge is 2.25. The molecule has 2 aromatic heterocycles. The molecule has 0 N–H and O–H groups in total. The Morgan fingerprint density at radius 1 is 0.757 bits per heavy atom. The maximum Gasteiger partial charge on any atom is 0.268 e. The molecule has 37 heavy (non-hydrogen) atoms. The van der Waals surface area contributed by atoms with Crippen LogP contribution in [0.15, 0.2) is 50.9 Å². The molecule has 3 aromatic rings. The molecule has 9 nitrogen and oxygen atoms in total. The Hall–Kier alpha value is -3.99. The van der Waals surface area contributed by atoms with Crippen molar-refractivity contribution in [3.05, 3.63) is 96.3 Å². The molecule has 0 atom stereocenters. The fourth-order valence-corrected chi connectivity index (χ4v) is 5.74. The number of nitrogens with zero attached hydrogens (tertiary/aromatic N) is 5. The summed E-state index contributed by atoms with van der Waals surface area (Å²) in [5.41, 5.74) is 2.34. The number of nitriles is 2. The lowest BCUT2D eigenvalue weighted by molar-refractivity contribution is 0.368. The van der Waals surface area contributed by atoms with Crippen LogP contribution in [0.25, 0.3) is 0 Å². The number of aromatic nitrogens is 2. The molecule has 2 heterocycles. The predicted octanol–water partition coefficient (Wildman–Crippen LogP) is 2.69. The number of aryl methyl sites for hydroxylation is 5. The molecule has 0 unspecified atom stereocenters. The number of hydrogen-bond donors (Lipinski definition) is 0. The van der Waals surface area contributed by atoms with Crippen LogP contribution in [0, 0.1) is 57.3 Å². The van der Waals surface area contributed by atoms with Gasteiger partial charge in [0.2, 0.25) is 10.0 Å². The summed E-state index contributed by atoms with van der Waals surface area (Å²) in [6, 6.07) is 13.7. The molecule has 0 bridgehead atoms. The van der Waals surface area contributed by atoms with Crippen molar-refractivity contribution >= 4 is 10.0 Å². The number of hydrogen-bond acceptors (Lipinski definition) is 6. The normalized spacial score (nSPS) is 11.4. The van der Waals surface area contributed by atoms with E-state index in [9.17, 15) is 28.5 Å². The molecular formula is C27H29N5O4S. The number of pyridine rings is 2. The van der Waals surface area contributed by atoms with E-state index in [0.29, 0.717) is 22.5 Å². The van der Waals surface area contributed by atoms with Crippen LogP contribution in [-0.2, 0) is 23.1 Å². The predicted molar refractivity (Wildman–Crippen MR) is 140 cm³/mol. The summed E-state index contributed by atoms with van der Waals surface area (Å²) in [5.74, 6) is 0. The third-order valence-corrected chi connectivity index (χ3v) is 8.35. The first-order chi connectivity index (χ1) is 17.4. The van der Waals surface area contributed by atoms with Gasteiger partial charge in [0, 0.05) is 37.6 Å². The standard InChI is InChI=1S/C27H29N5O4S/c1-18-6-8-23(9-7-18)37(35,36)30(10-12-31-21(4)14-19(2)24(16-28)26(31)33)11-13-32-22(5)15-20(3)25(17-29)27(32)34/h6-9,14-15H,10-13H2,1-5H3. The second-order valence-corrected chi connectivity index (χ2v) is 11.0. The molecule has 1 aromatic carbocycles. The van der Waals surface area contributed by atoms with E-state index in [1.165, 1.54) is 25.6 Å². The van der Waals surface area contributed by atoms with Crippen LogP contribution >= 0.6 is 0 Å². The molecule has 0 aliphatic carbocycles. The van der Waals surface area contributed by atoms with Gasteiger partial charge >= 0.3 is 0 Å². The largest absolute Gasteiger partial charge is 0.310 e. The molecule has 0 saturated heterocycles. The Morgan fingerprint density at radius 2 is 1.16 bits per heavy atom. The summed E-state index contributed by atoms with van der Waals surface area (Å²) in [6.07, 6.45) is 0. The molecule has 0 saturated carbocycles. The zero-order valence-corrected chi connectivity index (χ0v) is 22.4. The first-order valence-corrected chi connectivity index (χ1v) is 13.2. The zero-order chi connectivity index (χ0) is 27.5. The third kappa shape index (κ3) is 5.56. The highest BCUT2D eigenvalue weighted by Crippen LogP contribution is 2.17. The monoisotopic (exact) mass is 519 g/mol. The highest BCUT2D eigenvalue weighted by atomic mass is 32.2. The molecule has 0 spiro atoms. The lowest BCUT2D eigenvalue weighted by Crippen LogP contribution is -2.40. The van der Waals surface area contributed by atoms with Gasteiger partial charge < -0.3 is 9.13 Å². The lowest BCUT2D eigenvalue weighted by Gasteiger charge is -2.24. The Bertz CT molecular complexity index is 1570. The van der Waals surface area contributed by atoms with Crippen LogP contribution in [0.5, 0.6) is 0 Å². The van der Waals surface area contributed by atoms with Crippen LogP contribution in [-0.4, -0.2) is 34.9 Å². The second kappa shape index (κ2) is 11.0. The van der Waals surface area contributed by atoms with Crippen LogP contribution in [0.2, 0.25) is 0 Å². The van der Waals surface area contributed by atoms with Crippen molar-refractivity contribution in [2.45, 2.75) is 52.6 Å². The topological polar surface area (TPSA) is 129 Å². The summed E-state index contributed by atoms with van der Waals surface area (Å²) in [5, 5.41) is 18.8. The highest BCUT2D eigenvalue weighted by molar-refractivity contribution is 7.89. The molecule has 0 amide bonds. The van der Waals surface area contributed by atoms with E-state index in [4.69, 9.17) is 0 Å². The van der Waals surface area contributed by atoms with Crippen molar-refractivity contribution in [1.82, 2.24) is 13.4 Å². The molecule has 192 valence electrons. The average molecular weight is 520 g/mol. The van der Waals surface area contributed by atoms with Crippen molar-refractivity contribution in [2.24, 2.45) is 0 Å². The van der Waals surface area contributed by atoms with Gasteiger partial charge in [0.25, 0.3) is 11.1 Å². The molecule has 0 aliphatic rings. The maximum atomic E-state index is 13.6. The first-order valence-electron chi connectivity index (χ1n) is 11.7. The van der Waals surface area contributed by atoms with Gasteiger partial charge in [-0.05, 0) is 70.0 Å². The van der Waals surface area contributed by atoms with Crippen LogP contribution in [0.4, 0.5) is 0 Å². The molecule has 10 heteroatoms. The smallest absolute Gasteiger partial charge is 0.268 e. The molecule has 3 rings (SSSR count). The van der Waals surface area contributed by atoms with Gasteiger partial charge in [-0.1, -0.05) is 17.7 Å². The lowest BCUT2D eigenvalue weighted by atomic mass is 10.1. The number of benzene rings is 1. The molecule has 0 aliphatic heterocycles. The van der Waals surface area contributed by atoms with Crippen LogP contribution in [0.3, 0.4) is 0 Å². The molecule has 0 fully saturated rings. The minimum Gasteiger partial charge on any atom is -0.310 e. The number of sulfonamides is 1. The minimum absolute atomic E-state index is 0.0180.